The predicted octanol–water partition coefficient (Wildman–Crippen LogP) is 1.18. The molecule has 1 N–H and O–H groups in total. The first-order chi connectivity index (χ1) is 3.93. The lowest BCUT2D eigenvalue weighted by atomic mass is 10.3. The monoisotopic (exact) mass is 109 g/mol. The van der Waals surface area contributed by atoms with Crippen LogP contribution in [-0.4, -0.2) is 5.11 Å². The molecule has 0 aliphatic heterocycles. The van der Waals surface area contributed by atoms with E-state index in [0.717, 1.165) is 5.56 Å². The van der Waals surface area contributed by atoms with Crippen LogP contribution < -0.4 is 0 Å². The molecular formula is C7H8O. The van der Waals surface area contributed by atoms with Crippen LogP contribution in [0.1, 0.15) is 5.56 Å². The Balaban J connectivity index is 2.83. The van der Waals surface area contributed by atoms with E-state index in [4.69, 9.17) is 5.11 Å². The molecular weight excluding hydrogens is 101 g/mol. The summed E-state index contributed by atoms with van der Waals surface area (Å²) in [5.74, 6) is 0. The van der Waals surface area contributed by atoms with Crippen molar-refractivity contribution in [2.75, 3.05) is 0 Å². The average molecular weight is 109 g/mol. The summed E-state index contributed by atoms with van der Waals surface area (Å²) in [5, 5.41) is 8.54. The molecule has 0 heterocycles. The summed E-state index contributed by atoms with van der Waals surface area (Å²) in [4.78, 5) is 0. The van der Waals surface area contributed by atoms with Gasteiger partial charge in [0.15, 0.2) is 0 Å². The van der Waals surface area contributed by atoms with Gasteiger partial charge in [0.1, 0.15) is 0 Å². The highest BCUT2D eigenvalue weighted by Crippen LogP contribution is 1.95. The van der Waals surface area contributed by atoms with Crippen molar-refractivity contribution in [1.82, 2.24) is 0 Å². The first kappa shape index (κ1) is 5.32. The fourth-order valence-electron chi connectivity index (χ4n) is 0.583. The number of hydrogen-bond donors (Lipinski definition) is 1. The van der Waals surface area contributed by atoms with E-state index in [2.05, 4.69) is 0 Å². The molecule has 0 radical (unpaired) electrons. The molecule has 8 heavy (non-hydrogen) atoms. The first-order valence-electron chi connectivity index (χ1n) is 2.58. The largest absolute Gasteiger partial charge is 0.392 e. The molecule has 1 nitrogen and oxygen atoms in total. The van der Waals surface area contributed by atoms with Crippen LogP contribution in [0.3, 0.4) is 0 Å². The van der Waals surface area contributed by atoms with Crippen molar-refractivity contribution in [3.63, 3.8) is 0 Å². The summed E-state index contributed by atoms with van der Waals surface area (Å²) in [7, 11) is 0. The zero-order valence-electron chi connectivity index (χ0n) is 4.54. The second kappa shape index (κ2) is 2.48. The van der Waals surface area contributed by atoms with Gasteiger partial charge in [-0.15, -0.1) is 0 Å². The van der Waals surface area contributed by atoms with Gasteiger partial charge in [0, 0.05) is 0 Å². The SMILES string of the molecule is O[13CH2]c1ccccc1. The highest BCUT2D eigenvalue weighted by Gasteiger charge is 1.81. The highest BCUT2D eigenvalue weighted by molar-refractivity contribution is 5.12. The van der Waals surface area contributed by atoms with Crippen LogP contribution in [-0.2, 0) is 6.61 Å². The quantitative estimate of drug-likeness (QED) is 0.537. The Hall–Kier alpha value is -0.820. The van der Waals surface area contributed by atoms with E-state index < -0.39 is 0 Å². The lowest BCUT2D eigenvalue weighted by Gasteiger charge is -1.89. The average Bonchev–Trinajstić information content (AvgIpc) is 1.90. The van der Waals surface area contributed by atoms with Gasteiger partial charge < -0.3 is 5.11 Å². The van der Waals surface area contributed by atoms with Gasteiger partial charge in [-0.2, -0.15) is 0 Å². The zero-order valence-corrected chi connectivity index (χ0v) is 4.54. The molecule has 0 aliphatic rings. The van der Waals surface area contributed by atoms with Gasteiger partial charge in [0.2, 0.25) is 0 Å². The van der Waals surface area contributed by atoms with Crippen LogP contribution >= 0.6 is 0 Å². The second-order valence-electron chi connectivity index (χ2n) is 1.64. The Morgan fingerprint density at radius 2 is 1.75 bits per heavy atom. The van der Waals surface area contributed by atoms with E-state index in [1.807, 2.05) is 30.3 Å². The van der Waals surface area contributed by atoms with Crippen molar-refractivity contribution in [2.45, 2.75) is 6.61 Å². The van der Waals surface area contributed by atoms with Gasteiger partial charge in [0.25, 0.3) is 0 Å². The van der Waals surface area contributed by atoms with E-state index >= 15 is 0 Å². The summed E-state index contributed by atoms with van der Waals surface area (Å²) in [6.45, 7) is 0.140. The molecule has 1 aromatic carbocycles. The lowest BCUT2D eigenvalue weighted by molar-refractivity contribution is 0.282. The molecule has 0 unspecified atom stereocenters. The lowest BCUT2D eigenvalue weighted by Crippen LogP contribution is -1.77. The first-order valence-corrected chi connectivity index (χ1v) is 2.58. The molecule has 1 rings (SSSR count). The second-order valence-corrected chi connectivity index (χ2v) is 1.64. The standard InChI is InChI=1S/C7H8O/c8-6-7-4-2-1-3-5-7/h1-5,8H,6H2/i6+1. The minimum absolute atomic E-state index is 0.140. The van der Waals surface area contributed by atoms with Crippen LogP contribution in [0.15, 0.2) is 30.3 Å². The van der Waals surface area contributed by atoms with Crippen LogP contribution in [0.4, 0.5) is 0 Å². The molecule has 42 valence electrons. The Bertz CT molecular complexity index is 146. The van der Waals surface area contributed by atoms with Gasteiger partial charge in [-0.05, 0) is 5.56 Å². The molecule has 0 saturated heterocycles. The van der Waals surface area contributed by atoms with Crippen molar-refractivity contribution in [3.8, 4) is 0 Å². The number of aliphatic hydroxyl groups is 1. The number of rotatable bonds is 1. The van der Waals surface area contributed by atoms with E-state index in [1.165, 1.54) is 0 Å². The van der Waals surface area contributed by atoms with Crippen molar-refractivity contribution < 1.29 is 5.11 Å². The fraction of sp³-hybridized carbons (Fsp3) is 0.143. The summed E-state index contributed by atoms with van der Waals surface area (Å²) >= 11 is 0. The van der Waals surface area contributed by atoms with Gasteiger partial charge in [-0.3, -0.25) is 0 Å². The molecule has 0 aliphatic carbocycles. The third-order valence-electron chi connectivity index (χ3n) is 1.03. The van der Waals surface area contributed by atoms with E-state index in [-0.39, 0.29) is 6.61 Å². The molecule has 0 saturated carbocycles. The molecule has 0 bridgehead atoms. The third-order valence-corrected chi connectivity index (χ3v) is 1.03. The molecule has 0 amide bonds. The molecule has 0 atom stereocenters. The van der Waals surface area contributed by atoms with Gasteiger partial charge in [-0.25, -0.2) is 0 Å². The van der Waals surface area contributed by atoms with Crippen LogP contribution in [0.25, 0.3) is 0 Å². The summed E-state index contributed by atoms with van der Waals surface area (Å²) in [6.07, 6.45) is 0. The smallest absolute Gasteiger partial charge is 0.0681 e. The van der Waals surface area contributed by atoms with Gasteiger partial charge in [-0.1, -0.05) is 30.3 Å². The number of aliphatic hydroxyl groups excluding tert-OH is 1. The van der Waals surface area contributed by atoms with Crippen molar-refractivity contribution in [1.29, 1.82) is 0 Å². The minimum atomic E-state index is 0.140. The van der Waals surface area contributed by atoms with Crippen molar-refractivity contribution in [2.24, 2.45) is 0 Å². The van der Waals surface area contributed by atoms with E-state index in [0.29, 0.717) is 0 Å². The minimum Gasteiger partial charge on any atom is -0.392 e. The Morgan fingerprint density at radius 1 is 1.12 bits per heavy atom. The summed E-state index contributed by atoms with van der Waals surface area (Å²) in [6, 6.07) is 9.52. The van der Waals surface area contributed by atoms with E-state index in [1.54, 1.807) is 0 Å². The molecule has 1 heteroatoms. The Labute approximate surface area is 48.6 Å². The van der Waals surface area contributed by atoms with Crippen molar-refractivity contribution in [3.05, 3.63) is 35.9 Å². The molecule has 0 fully saturated rings. The summed E-state index contributed by atoms with van der Waals surface area (Å²) < 4.78 is 0. The summed E-state index contributed by atoms with van der Waals surface area (Å²) in [5.41, 5.74) is 0.965. The van der Waals surface area contributed by atoms with Crippen molar-refractivity contribution >= 4 is 0 Å². The highest BCUT2D eigenvalue weighted by atomic mass is 16.3. The van der Waals surface area contributed by atoms with Crippen LogP contribution in [0, 0.1) is 0 Å². The zero-order chi connectivity index (χ0) is 5.82. The maximum atomic E-state index is 8.54. The Kier molecular flexibility index (Phi) is 1.65. The predicted molar refractivity (Wildman–Crippen MR) is 32.4 cm³/mol. The maximum Gasteiger partial charge on any atom is 0.0681 e. The normalized spacial score (nSPS) is 9.12. The Morgan fingerprint density at radius 3 is 2.12 bits per heavy atom. The molecule has 0 spiro atoms. The fourth-order valence-corrected chi connectivity index (χ4v) is 0.583. The number of hydrogen-bond acceptors (Lipinski definition) is 1. The van der Waals surface area contributed by atoms with E-state index in [9.17, 15) is 0 Å². The van der Waals surface area contributed by atoms with Gasteiger partial charge in [0.05, 0.1) is 6.61 Å². The molecule has 1 aromatic rings. The topological polar surface area (TPSA) is 20.2 Å². The van der Waals surface area contributed by atoms with Crippen LogP contribution in [0.2, 0.25) is 0 Å². The van der Waals surface area contributed by atoms with Crippen LogP contribution in [0.5, 0.6) is 0 Å². The maximum absolute atomic E-state index is 8.54. The third kappa shape index (κ3) is 1.07. The van der Waals surface area contributed by atoms with Gasteiger partial charge >= 0.3 is 0 Å². The number of benzene rings is 1. The molecule has 0 aromatic heterocycles.